The molecule has 0 radical (unpaired) electrons. The van der Waals surface area contributed by atoms with E-state index in [1.165, 1.54) is 13.2 Å². The second-order valence-corrected chi connectivity index (χ2v) is 4.64. The molecule has 4 heteroatoms. The van der Waals surface area contributed by atoms with E-state index in [4.69, 9.17) is 15.2 Å². The van der Waals surface area contributed by atoms with Crippen molar-refractivity contribution in [1.82, 2.24) is 0 Å². The average molecular weight is 253 g/mol. The molecule has 1 aromatic carbocycles. The lowest BCUT2D eigenvalue weighted by atomic mass is 9.89. The van der Waals surface area contributed by atoms with Crippen molar-refractivity contribution in [2.24, 2.45) is 5.73 Å². The SMILES string of the molecule is COc1ccc(C(CN)C2CCCCO2)cc1F. The zero-order valence-electron chi connectivity index (χ0n) is 10.7. The number of rotatable bonds is 4. The minimum absolute atomic E-state index is 0.0608. The molecule has 2 N–H and O–H groups in total. The molecule has 3 nitrogen and oxygen atoms in total. The molecule has 1 fully saturated rings. The maximum Gasteiger partial charge on any atom is 0.165 e. The summed E-state index contributed by atoms with van der Waals surface area (Å²) in [6, 6.07) is 5.03. The van der Waals surface area contributed by atoms with E-state index < -0.39 is 0 Å². The molecular weight excluding hydrogens is 233 g/mol. The fraction of sp³-hybridized carbons (Fsp3) is 0.571. The first kappa shape index (κ1) is 13.3. The molecule has 2 rings (SSSR count). The van der Waals surface area contributed by atoms with Crippen LogP contribution < -0.4 is 10.5 Å². The normalized spacial score (nSPS) is 21.6. The largest absolute Gasteiger partial charge is 0.494 e. The minimum Gasteiger partial charge on any atom is -0.494 e. The van der Waals surface area contributed by atoms with Gasteiger partial charge in [-0.15, -0.1) is 0 Å². The summed E-state index contributed by atoms with van der Waals surface area (Å²) in [5.41, 5.74) is 6.71. The third kappa shape index (κ3) is 2.82. The van der Waals surface area contributed by atoms with E-state index >= 15 is 0 Å². The molecule has 0 saturated carbocycles. The first-order chi connectivity index (χ1) is 8.76. The third-order valence-electron chi connectivity index (χ3n) is 3.52. The molecule has 1 aromatic rings. The standard InChI is InChI=1S/C14H20FNO2/c1-17-14-6-5-10(8-12(14)15)11(9-16)13-4-2-3-7-18-13/h5-6,8,11,13H,2-4,7,9,16H2,1H3. The first-order valence-electron chi connectivity index (χ1n) is 6.41. The van der Waals surface area contributed by atoms with E-state index in [2.05, 4.69) is 0 Å². The van der Waals surface area contributed by atoms with Gasteiger partial charge in [-0.3, -0.25) is 0 Å². The van der Waals surface area contributed by atoms with Crippen molar-refractivity contribution in [3.05, 3.63) is 29.6 Å². The highest BCUT2D eigenvalue weighted by Crippen LogP contribution is 2.30. The van der Waals surface area contributed by atoms with E-state index in [9.17, 15) is 4.39 Å². The van der Waals surface area contributed by atoms with Crippen LogP contribution in [0.5, 0.6) is 5.75 Å². The van der Waals surface area contributed by atoms with Crippen LogP contribution in [0.1, 0.15) is 30.7 Å². The van der Waals surface area contributed by atoms with Crippen LogP contribution in [0.4, 0.5) is 4.39 Å². The summed E-state index contributed by atoms with van der Waals surface area (Å²) >= 11 is 0. The Kier molecular flexibility index (Phi) is 4.55. The van der Waals surface area contributed by atoms with Crippen molar-refractivity contribution < 1.29 is 13.9 Å². The van der Waals surface area contributed by atoms with Gasteiger partial charge in [-0.25, -0.2) is 4.39 Å². The van der Waals surface area contributed by atoms with Crippen LogP contribution in [-0.2, 0) is 4.74 Å². The predicted molar refractivity (Wildman–Crippen MR) is 68.3 cm³/mol. The lowest BCUT2D eigenvalue weighted by molar-refractivity contribution is 0.000526. The predicted octanol–water partition coefficient (Wildman–Crippen LogP) is 2.45. The summed E-state index contributed by atoms with van der Waals surface area (Å²) in [7, 11) is 1.46. The topological polar surface area (TPSA) is 44.5 Å². The van der Waals surface area contributed by atoms with E-state index in [-0.39, 0.29) is 23.6 Å². The van der Waals surface area contributed by atoms with Gasteiger partial charge in [-0.2, -0.15) is 0 Å². The third-order valence-corrected chi connectivity index (χ3v) is 3.52. The van der Waals surface area contributed by atoms with Crippen molar-refractivity contribution in [3.8, 4) is 5.75 Å². The number of nitrogens with two attached hydrogens (primary N) is 1. The summed E-state index contributed by atoms with van der Waals surface area (Å²) < 4.78 is 24.4. The zero-order chi connectivity index (χ0) is 13.0. The van der Waals surface area contributed by atoms with E-state index in [0.717, 1.165) is 31.4 Å². The van der Waals surface area contributed by atoms with Crippen molar-refractivity contribution in [2.45, 2.75) is 31.3 Å². The highest BCUT2D eigenvalue weighted by molar-refractivity contribution is 5.32. The lowest BCUT2D eigenvalue weighted by Crippen LogP contribution is -2.31. The molecule has 2 unspecified atom stereocenters. The van der Waals surface area contributed by atoms with Gasteiger partial charge in [0.25, 0.3) is 0 Å². The second kappa shape index (κ2) is 6.16. The molecule has 100 valence electrons. The number of halogens is 1. The summed E-state index contributed by atoms with van der Waals surface area (Å²) in [5.74, 6) is -0.0194. The molecule has 1 heterocycles. The van der Waals surface area contributed by atoms with Crippen LogP contribution in [0, 0.1) is 5.82 Å². The fourth-order valence-electron chi connectivity index (χ4n) is 2.50. The smallest absolute Gasteiger partial charge is 0.165 e. The molecule has 18 heavy (non-hydrogen) atoms. The average Bonchev–Trinajstić information content (AvgIpc) is 2.41. The quantitative estimate of drug-likeness (QED) is 0.896. The van der Waals surface area contributed by atoms with Crippen LogP contribution in [0.25, 0.3) is 0 Å². The Bertz CT molecular complexity index is 391. The van der Waals surface area contributed by atoms with Gasteiger partial charge < -0.3 is 15.2 Å². The Labute approximate surface area is 107 Å². The van der Waals surface area contributed by atoms with Gasteiger partial charge in [0.05, 0.1) is 13.2 Å². The van der Waals surface area contributed by atoms with Crippen molar-refractivity contribution in [1.29, 1.82) is 0 Å². The highest BCUT2D eigenvalue weighted by atomic mass is 19.1. The van der Waals surface area contributed by atoms with Gasteiger partial charge in [-0.1, -0.05) is 6.07 Å². The summed E-state index contributed by atoms with van der Waals surface area (Å²) in [4.78, 5) is 0. The van der Waals surface area contributed by atoms with Gasteiger partial charge in [0, 0.05) is 19.1 Å². The minimum atomic E-state index is -0.343. The molecule has 0 aromatic heterocycles. The monoisotopic (exact) mass is 253 g/mol. The van der Waals surface area contributed by atoms with E-state index in [1.54, 1.807) is 6.07 Å². The van der Waals surface area contributed by atoms with Crippen molar-refractivity contribution in [3.63, 3.8) is 0 Å². The Morgan fingerprint density at radius 1 is 1.50 bits per heavy atom. The van der Waals surface area contributed by atoms with Crippen LogP contribution in [-0.4, -0.2) is 26.4 Å². The van der Waals surface area contributed by atoms with Crippen LogP contribution in [0.3, 0.4) is 0 Å². The number of methoxy groups -OCH3 is 1. The number of benzene rings is 1. The molecule has 0 spiro atoms. The van der Waals surface area contributed by atoms with Gasteiger partial charge in [0.2, 0.25) is 0 Å². The summed E-state index contributed by atoms with van der Waals surface area (Å²) in [5, 5.41) is 0. The van der Waals surface area contributed by atoms with Gasteiger partial charge in [0.1, 0.15) is 0 Å². The molecule has 2 atom stereocenters. The summed E-state index contributed by atoms with van der Waals surface area (Å²) in [6.45, 7) is 1.25. The molecular formula is C14H20FNO2. The lowest BCUT2D eigenvalue weighted by Gasteiger charge is -2.30. The fourth-order valence-corrected chi connectivity index (χ4v) is 2.50. The highest BCUT2D eigenvalue weighted by Gasteiger charge is 2.25. The van der Waals surface area contributed by atoms with Gasteiger partial charge in [0.15, 0.2) is 11.6 Å². The molecule has 1 aliphatic rings. The van der Waals surface area contributed by atoms with Crippen molar-refractivity contribution >= 4 is 0 Å². The first-order valence-corrected chi connectivity index (χ1v) is 6.41. The molecule has 0 amide bonds. The molecule has 0 bridgehead atoms. The number of hydrogen-bond donors (Lipinski definition) is 1. The maximum atomic E-state index is 13.7. The summed E-state index contributed by atoms with van der Waals surface area (Å²) in [6.07, 6.45) is 3.36. The molecule has 1 aliphatic heterocycles. The number of ether oxygens (including phenoxy) is 2. The van der Waals surface area contributed by atoms with E-state index in [1.807, 2.05) is 6.07 Å². The van der Waals surface area contributed by atoms with E-state index in [0.29, 0.717) is 6.54 Å². The Hall–Kier alpha value is -1.13. The molecule has 1 saturated heterocycles. The van der Waals surface area contributed by atoms with Crippen LogP contribution >= 0.6 is 0 Å². The van der Waals surface area contributed by atoms with Crippen LogP contribution in [0.15, 0.2) is 18.2 Å². The molecule has 0 aliphatic carbocycles. The van der Waals surface area contributed by atoms with Crippen LogP contribution in [0.2, 0.25) is 0 Å². The van der Waals surface area contributed by atoms with Crippen molar-refractivity contribution in [2.75, 3.05) is 20.3 Å². The Morgan fingerprint density at radius 2 is 2.33 bits per heavy atom. The Balaban J connectivity index is 2.18. The van der Waals surface area contributed by atoms with Gasteiger partial charge >= 0.3 is 0 Å². The second-order valence-electron chi connectivity index (χ2n) is 4.64. The Morgan fingerprint density at radius 3 is 2.89 bits per heavy atom. The maximum absolute atomic E-state index is 13.7. The number of hydrogen-bond acceptors (Lipinski definition) is 3. The van der Waals surface area contributed by atoms with Gasteiger partial charge in [-0.05, 0) is 37.0 Å². The zero-order valence-corrected chi connectivity index (χ0v) is 10.7.